The van der Waals surface area contributed by atoms with Crippen LogP contribution in [0.15, 0.2) is 35.7 Å². The molecule has 0 unspecified atom stereocenters. The van der Waals surface area contributed by atoms with Gasteiger partial charge in [-0.3, -0.25) is 0 Å². The Bertz CT molecular complexity index is 643. The average molecular weight is 290 g/mol. The minimum atomic E-state index is -3.64. The van der Waals surface area contributed by atoms with Crippen LogP contribution in [0.4, 0.5) is 4.39 Å². The molecule has 18 heavy (non-hydrogen) atoms. The predicted octanol–water partition coefficient (Wildman–Crippen LogP) is 1.68. The van der Waals surface area contributed by atoms with Crippen LogP contribution >= 0.6 is 11.6 Å². The zero-order chi connectivity index (χ0) is 13.2. The van der Waals surface area contributed by atoms with Crippen LogP contribution in [0.5, 0.6) is 0 Å². The van der Waals surface area contributed by atoms with Crippen LogP contribution in [0, 0.1) is 5.82 Å². The van der Waals surface area contributed by atoms with E-state index in [2.05, 4.69) is 14.7 Å². The van der Waals surface area contributed by atoms with E-state index in [1.54, 1.807) is 0 Å². The molecule has 0 saturated heterocycles. The van der Waals surface area contributed by atoms with Gasteiger partial charge in [0, 0.05) is 6.54 Å². The topological polar surface area (TPSA) is 74.8 Å². The fourth-order valence-corrected chi connectivity index (χ4v) is 2.42. The van der Waals surface area contributed by atoms with Crippen molar-refractivity contribution in [2.24, 2.45) is 0 Å². The maximum atomic E-state index is 12.9. The average Bonchev–Trinajstić information content (AvgIpc) is 2.85. The van der Waals surface area contributed by atoms with Gasteiger partial charge in [0.15, 0.2) is 5.03 Å². The number of sulfonamides is 1. The molecule has 96 valence electrons. The Kier molecular flexibility index (Phi) is 3.65. The Morgan fingerprint density at radius 2 is 2.22 bits per heavy atom. The number of halogens is 2. The predicted molar refractivity (Wildman–Crippen MR) is 64.0 cm³/mol. The molecule has 2 rings (SSSR count). The van der Waals surface area contributed by atoms with Crippen LogP contribution in [0.25, 0.3) is 0 Å². The maximum absolute atomic E-state index is 12.9. The smallest absolute Gasteiger partial charge is 0.257 e. The summed E-state index contributed by atoms with van der Waals surface area (Å²) in [7, 11) is -3.64. The standard InChI is InChI=1S/C10H9ClFN3O2S/c11-8-3-7(1-2-9(8)12)4-15-18(16,17)10-5-13-6-14-10/h1-3,5-6,15H,4H2,(H,13,14). The zero-order valence-electron chi connectivity index (χ0n) is 9.02. The Balaban J connectivity index is 2.10. The van der Waals surface area contributed by atoms with Gasteiger partial charge in [-0.1, -0.05) is 17.7 Å². The molecule has 2 aromatic rings. The number of aromatic amines is 1. The lowest BCUT2D eigenvalue weighted by molar-refractivity contribution is 0.578. The van der Waals surface area contributed by atoms with Gasteiger partial charge in [-0.2, -0.15) is 0 Å². The van der Waals surface area contributed by atoms with Gasteiger partial charge in [-0.05, 0) is 17.7 Å². The van der Waals surface area contributed by atoms with E-state index in [1.807, 2.05) is 0 Å². The van der Waals surface area contributed by atoms with Crippen molar-refractivity contribution in [3.05, 3.63) is 47.1 Å². The molecule has 0 radical (unpaired) electrons. The van der Waals surface area contributed by atoms with Crippen LogP contribution in [0.1, 0.15) is 5.56 Å². The zero-order valence-corrected chi connectivity index (χ0v) is 10.6. The van der Waals surface area contributed by atoms with E-state index in [-0.39, 0.29) is 16.6 Å². The van der Waals surface area contributed by atoms with Crippen molar-refractivity contribution < 1.29 is 12.8 Å². The van der Waals surface area contributed by atoms with Gasteiger partial charge < -0.3 is 4.98 Å². The molecule has 1 heterocycles. The first-order valence-electron chi connectivity index (χ1n) is 4.91. The van der Waals surface area contributed by atoms with E-state index < -0.39 is 15.8 Å². The first-order chi connectivity index (χ1) is 8.49. The van der Waals surface area contributed by atoms with E-state index in [9.17, 15) is 12.8 Å². The molecule has 0 saturated carbocycles. The minimum absolute atomic E-state index is 0.0152. The summed E-state index contributed by atoms with van der Waals surface area (Å²) in [5, 5.41) is -0.0797. The Labute approximate surface area is 108 Å². The van der Waals surface area contributed by atoms with Gasteiger partial charge in [-0.15, -0.1) is 0 Å². The monoisotopic (exact) mass is 289 g/mol. The van der Waals surface area contributed by atoms with Crippen LogP contribution in [-0.4, -0.2) is 18.4 Å². The van der Waals surface area contributed by atoms with Gasteiger partial charge >= 0.3 is 0 Å². The summed E-state index contributed by atoms with van der Waals surface area (Å²) in [6, 6.07) is 4.01. The molecular weight excluding hydrogens is 281 g/mol. The molecule has 8 heteroatoms. The second-order valence-corrected chi connectivity index (χ2v) is 5.63. The third kappa shape index (κ3) is 2.87. The number of nitrogens with one attached hydrogen (secondary N) is 2. The highest BCUT2D eigenvalue weighted by molar-refractivity contribution is 7.89. The number of hydrogen-bond donors (Lipinski definition) is 2. The van der Waals surface area contributed by atoms with Crippen LogP contribution in [0.3, 0.4) is 0 Å². The summed E-state index contributed by atoms with van der Waals surface area (Å²) < 4.78 is 38.7. The Morgan fingerprint density at radius 1 is 1.44 bits per heavy atom. The maximum Gasteiger partial charge on any atom is 0.257 e. The van der Waals surface area contributed by atoms with E-state index in [1.165, 1.54) is 30.7 Å². The number of nitrogens with zero attached hydrogens (tertiary/aromatic N) is 1. The summed E-state index contributed by atoms with van der Waals surface area (Å²) in [5.74, 6) is -0.545. The first-order valence-corrected chi connectivity index (χ1v) is 6.77. The molecule has 5 nitrogen and oxygen atoms in total. The lowest BCUT2D eigenvalue weighted by Crippen LogP contribution is -2.23. The third-order valence-electron chi connectivity index (χ3n) is 2.21. The molecule has 2 N–H and O–H groups in total. The second-order valence-electron chi connectivity index (χ2n) is 3.49. The highest BCUT2D eigenvalue weighted by atomic mass is 35.5. The van der Waals surface area contributed by atoms with Gasteiger partial charge in [0.25, 0.3) is 10.0 Å². The Hall–Kier alpha value is -1.44. The number of imidazole rings is 1. The first kappa shape index (κ1) is 13.0. The number of H-pyrrole nitrogens is 1. The van der Waals surface area contributed by atoms with Crippen LogP contribution in [0.2, 0.25) is 5.02 Å². The van der Waals surface area contributed by atoms with Crippen molar-refractivity contribution in [3.8, 4) is 0 Å². The van der Waals surface area contributed by atoms with Crippen molar-refractivity contribution in [3.63, 3.8) is 0 Å². The van der Waals surface area contributed by atoms with E-state index in [0.29, 0.717) is 5.56 Å². The number of rotatable bonds is 4. The molecule has 0 aliphatic rings. The Morgan fingerprint density at radius 3 is 2.83 bits per heavy atom. The van der Waals surface area contributed by atoms with E-state index >= 15 is 0 Å². The largest absolute Gasteiger partial charge is 0.335 e. The summed E-state index contributed by atoms with van der Waals surface area (Å²) in [6.07, 6.45) is 2.46. The molecule has 0 amide bonds. The van der Waals surface area contributed by atoms with Crippen molar-refractivity contribution in [2.75, 3.05) is 0 Å². The van der Waals surface area contributed by atoms with Crippen molar-refractivity contribution in [2.45, 2.75) is 11.6 Å². The number of aromatic nitrogens is 2. The van der Waals surface area contributed by atoms with E-state index in [4.69, 9.17) is 11.6 Å². The normalized spacial score (nSPS) is 11.7. The quantitative estimate of drug-likeness (QED) is 0.899. The summed E-state index contributed by atoms with van der Waals surface area (Å²) in [5.41, 5.74) is 0.560. The lowest BCUT2D eigenvalue weighted by Gasteiger charge is -2.05. The molecule has 1 aromatic carbocycles. The molecular formula is C10H9ClFN3O2S. The molecule has 1 aromatic heterocycles. The molecule has 0 spiro atoms. The molecule has 0 atom stereocenters. The molecule has 0 aliphatic carbocycles. The summed E-state index contributed by atoms with van der Waals surface area (Å²) >= 11 is 5.59. The highest BCUT2D eigenvalue weighted by Crippen LogP contribution is 2.16. The minimum Gasteiger partial charge on any atom is -0.335 e. The van der Waals surface area contributed by atoms with Gasteiger partial charge in [0.1, 0.15) is 5.82 Å². The molecule has 0 bridgehead atoms. The molecule has 0 fully saturated rings. The van der Waals surface area contributed by atoms with Crippen molar-refractivity contribution in [1.29, 1.82) is 0 Å². The summed E-state index contributed by atoms with van der Waals surface area (Å²) in [4.78, 5) is 6.11. The lowest BCUT2D eigenvalue weighted by atomic mass is 10.2. The number of benzene rings is 1. The van der Waals surface area contributed by atoms with Gasteiger partial charge in [0.05, 0.1) is 17.5 Å². The van der Waals surface area contributed by atoms with Crippen molar-refractivity contribution in [1.82, 2.24) is 14.7 Å². The van der Waals surface area contributed by atoms with Crippen molar-refractivity contribution >= 4 is 21.6 Å². The second kappa shape index (κ2) is 5.05. The van der Waals surface area contributed by atoms with Crippen LogP contribution in [-0.2, 0) is 16.6 Å². The fourth-order valence-electron chi connectivity index (χ4n) is 1.30. The third-order valence-corrected chi connectivity index (χ3v) is 3.83. The van der Waals surface area contributed by atoms with Crippen LogP contribution < -0.4 is 4.72 Å². The van der Waals surface area contributed by atoms with Gasteiger partial charge in [0.2, 0.25) is 0 Å². The molecule has 0 aliphatic heterocycles. The van der Waals surface area contributed by atoms with E-state index in [0.717, 1.165) is 0 Å². The SMILES string of the molecule is O=S(=O)(NCc1ccc(F)c(Cl)c1)c1cnc[nH]1. The van der Waals surface area contributed by atoms with Gasteiger partial charge in [-0.25, -0.2) is 22.5 Å². The fraction of sp³-hybridized carbons (Fsp3) is 0.100. The summed E-state index contributed by atoms with van der Waals surface area (Å²) in [6.45, 7) is 0.0152. The highest BCUT2D eigenvalue weighted by Gasteiger charge is 2.15. The number of hydrogen-bond acceptors (Lipinski definition) is 3.